The Hall–Kier alpha value is -2.03. The van der Waals surface area contributed by atoms with Gasteiger partial charge in [0.2, 0.25) is 0 Å². The minimum atomic E-state index is 1.11. The summed E-state index contributed by atoms with van der Waals surface area (Å²) in [5.74, 6) is 0. The fourth-order valence-electron chi connectivity index (χ4n) is 1.92. The van der Waals surface area contributed by atoms with Crippen molar-refractivity contribution >= 4 is 17.1 Å². The Morgan fingerprint density at radius 3 is 2.88 bits per heavy atom. The molecule has 1 N–H and O–H groups in total. The van der Waals surface area contributed by atoms with Gasteiger partial charge in [0.15, 0.2) is 0 Å². The lowest BCUT2D eigenvalue weighted by Gasteiger charge is -2.18. The molecule has 1 aromatic heterocycles. The lowest BCUT2D eigenvalue weighted by Crippen LogP contribution is -2.11. The van der Waals surface area contributed by atoms with Crippen molar-refractivity contribution in [3.8, 4) is 0 Å². The van der Waals surface area contributed by atoms with Gasteiger partial charge in [0.25, 0.3) is 0 Å². The quantitative estimate of drug-likeness (QED) is 0.784. The maximum atomic E-state index is 4.17. The molecule has 0 fully saturated rings. The van der Waals surface area contributed by atoms with Gasteiger partial charge in [0.1, 0.15) is 6.67 Å². The predicted molar refractivity (Wildman–Crippen MR) is 65.5 cm³/mol. The first kappa shape index (κ1) is 9.21. The number of para-hydroxylation sites is 2. The Kier molecular flexibility index (Phi) is 2.03. The minimum Gasteiger partial charge on any atom is -0.360 e. The zero-order valence-corrected chi connectivity index (χ0v) is 9.01. The Balaban J connectivity index is 2.08. The highest BCUT2D eigenvalue weighted by Gasteiger charge is 2.20. The first-order valence-electron chi connectivity index (χ1n) is 5.25. The Morgan fingerprint density at radius 1 is 1.12 bits per heavy atom. The van der Waals surface area contributed by atoms with E-state index in [1.165, 1.54) is 11.3 Å². The van der Waals surface area contributed by atoms with Crippen molar-refractivity contribution in [2.45, 2.75) is 6.92 Å². The molecule has 0 saturated heterocycles. The molecule has 3 heteroatoms. The van der Waals surface area contributed by atoms with Gasteiger partial charge in [-0.1, -0.05) is 12.1 Å². The van der Waals surface area contributed by atoms with E-state index in [9.17, 15) is 0 Å². The van der Waals surface area contributed by atoms with Gasteiger partial charge >= 0.3 is 0 Å². The SMILES string of the molecule is Cc1ccncc1N1[CH]Nc2ccccc21. The van der Waals surface area contributed by atoms with E-state index >= 15 is 0 Å². The summed E-state index contributed by atoms with van der Waals surface area (Å²) in [6.45, 7) is 4.06. The molecule has 0 spiro atoms. The maximum absolute atomic E-state index is 4.17. The molecule has 2 heterocycles. The molecule has 3 nitrogen and oxygen atoms in total. The Bertz CT molecular complexity index is 522. The summed E-state index contributed by atoms with van der Waals surface area (Å²) < 4.78 is 0. The molecule has 0 unspecified atom stereocenters. The third-order valence-corrected chi connectivity index (χ3v) is 2.78. The third kappa shape index (κ3) is 1.33. The van der Waals surface area contributed by atoms with Crippen molar-refractivity contribution in [2.24, 2.45) is 0 Å². The predicted octanol–water partition coefficient (Wildman–Crippen LogP) is 3.07. The molecule has 0 atom stereocenters. The lowest BCUT2D eigenvalue weighted by molar-refractivity contribution is 1.16. The molecule has 0 bridgehead atoms. The van der Waals surface area contributed by atoms with Crippen LogP contribution in [-0.4, -0.2) is 4.98 Å². The molecule has 0 amide bonds. The third-order valence-electron chi connectivity index (χ3n) is 2.78. The number of rotatable bonds is 1. The van der Waals surface area contributed by atoms with E-state index in [2.05, 4.69) is 34.3 Å². The second kappa shape index (κ2) is 3.52. The summed E-state index contributed by atoms with van der Waals surface area (Å²) in [5.41, 5.74) is 4.62. The summed E-state index contributed by atoms with van der Waals surface area (Å²) in [5, 5.41) is 3.25. The molecule has 1 aromatic carbocycles. The van der Waals surface area contributed by atoms with Crippen molar-refractivity contribution < 1.29 is 0 Å². The smallest absolute Gasteiger partial charge is 0.144 e. The first-order valence-corrected chi connectivity index (χ1v) is 5.25. The molecule has 16 heavy (non-hydrogen) atoms. The highest BCUT2D eigenvalue weighted by atomic mass is 15.3. The molecule has 1 aliphatic rings. The van der Waals surface area contributed by atoms with Crippen molar-refractivity contribution in [2.75, 3.05) is 10.2 Å². The van der Waals surface area contributed by atoms with E-state index in [4.69, 9.17) is 0 Å². The number of hydrogen-bond donors (Lipinski definition) is 1. The van der Waals surface area contributed by atoms with E-state index in [-0.39, 0.29) is 0 Å². The molecule has 2 aromatic rings. The summed E-state index contributed by atoms with van der Waals surface area (Å²) in [6.07, 6.45) is 3.70. The van der Waals surface area contributed by atoms with Crippen LogP contribution in [0.1, 0.15) is 5.56 Å². The van der Waals surface area contributed by atoms with Gasteiger partial charge < -0.3 is 10.2 Å². The van der Waals surface area contributed by atoms with Crippen LogP contribution < -0.4 is 10.2 Å². The lowest BCUT2D eigenvalue weighted by atomic mass is 10.2. The van der Waals surface area contributed by atoms with Crippen LogP contribution in [0.15, 0.2) is 42.7 Å². The summed E-state index contributed by atoms with van der Waals surface area (Å²) in [4.78, 5) is 6.30. The summed E-state index contributed by atoms with van der Waals surface area (Å²) in [7, 11) is 0. The topological polar surface area (TPSA) is 28.2 Å². The zero-order valence-electron chi connectivity index (χ0n) is 9.01. The Morgan fingerprint density at radius 2 is 2.00 bits per heavy atom. The molecule has 0 aliphatic carbocycles. The number of anilines is 3. The van der Waals surface area contributed by atoms with Crippen LogP contribution in [0, 0.1) is 13.6 Å². The first-order chi connectivity index (χ1) is 7.86. The van der Waals surface area contributed by atoms with Crippen molar-refractivity contribution in [1.29, 1.82) is 0 Å². The van der Waals surface area contributed by atoms with Crippen LogP contribution in [0.3, 0.4) is 0 Å². The van der Waals surface area contributed by atoms with Crippen LogP contribution in [-0.2, 0) is 0 Å². The van der Waals surface area contributed by atoms with E-state index in [0.29, 0.717) is 0 Å². The van der Waals surface area contributed by atoms with Gasteiger partial charge in [0, 0.05) is 6.20 Å². The minimum absolute atomic E-state index is 1.11. The van der Waals surface area contributed by atoms with E-state index in [0.717, 1.165) is 11.4 Å². The summed E-state index contributed by atoms with van der Waals surface area (Å²) >= 11 is 0. The number of pyridine rings is 1. The molecule has 0 saturated carbocycles. The Labute approximate surface area is 94.7 Å². The number of benzene rings is 1. The van der Waals surface area contributed by atoms with Crippen molar-refractivity contribution in [3.05, 3.63) is 55.0 Å². The van der Waals surface area contributed by atoms with Gasteiger partial charge in [-0.3, -0.25) is 4.98 Å². The average molecular weight is 210 g/mol. The van der Waals surface area contributed by atoms with Gasteiger partial charge in [-0.15, -0.1) is 0 Å². The number of fused-ring (bicyclic) bond motifs is 1. The van der Waals surface area contributed by atoms with Crippen molar-refractivity contribution in [3.63, 3.8) is 0 Å². The average Bonchev–Trinajstić information content (AvgIpc) is 2.74. The van der Waals surface area contributed by atoms with Gasteiger partial charge in [-0.25, -0.2) is 0 Å². The number of hydrogen-bond acceptors (Lipinski definition) is 3. The summed E-state index contributed by atoms with van der Waals surface area (Å²) in [6, 6.07) is 10.2. The van der Waals surface area contributed by atoms with Crippen LogP contribution in [0.25, 0.3) is 0 Å². The van der Waals surface area contributed by atoms with E-state index < -0.39 is 0 Å². The standard InChI is InChI=1S/C13H12N3/c1-10-6-7-14-8-13(10)16-9-15-11-4-2-3-5-12(11)16/h2-9,15H,1H3. The van der Waals surface area contributed by atoms with E-state index in [1.807, 2.05) is 37.3 Å². The molecule has 1 aliphatic heterocycles. The molecule has 1 radical (unpaired) electrons. The second-order valence-corrected chi connectivity index (χ2v) is 3.82. The number of nitrogens with zero attached hydrogens (tertiary/aromatic N) is 2. The number of aromatic nitrogens is 1. The van der Waals surface area contributed by atoms with Gasteiger partial charge in [-0.2, -0.15) is 0 Å². The van der Waals surface area contributed by atoms with Gasteiger partial charge in [-0.05, 0) is 30.7 Å². The molecular formula is C13H12N3. The number of aryl methyl sites for hydroxylation is 1. The normalized spacial score (nSPS) is 13.4. The van der Waals surface area contributed by atoms with Crippen LogP contribution in [0.5, 0.6) is 0 Å². The van der Waals surface area contributed by atoms with Crippen molar-refractivity contribution in [1.82, 2.24) is 4.98 Å². The highest BCUT2D eigenvalue weighted by Crippen LogP contribution is 2.38. The largest absolute Gasteiger partial charge is 0.360 e. The van der Waals surface area contributed by atoms with Crippen LogP contribution >= 0.6 is 0 Å². The number of nitrogens with one attached hydrogen (secondary N) is 1. The fourth-order valence-corrected chi connectivity index (χ4v) is 1.92. The zero-order chi connectivity index (χ0) is 11.0. The monoisotopic (exact) mass is 210 g/mol. The van der Waals surface area contributed by atoms with Crippen LogP contribution in [0.2, 0.25) is 0 Å². The molecule has 3 rings (SSSR count). The molecule has 79 valence electrons. The maximum Gasteiger partial charge on any atom is 0.144 e. The molecular weight excluding hydrogens is 198 g/mol. The van der Waals surface area contributed by atoms with Crippen LogP contribution in [0.4, 0.5) is 17.1 Å². The second-order valence-electron chi connectivity index (χ2n) is 3.82. The van der Waals surface area contributed by atoms with Gasteiger partial charge in [0.05, 0.1) is 23.3 Å². The van der Waals surface area contributed by atoms with E-state index in [1.54, 1.807) is 0 Å². The highest BCUT2D eigenvalue weighted by molar-refractivity contribution is 5.83. The fraction of sp³-hybridized carbons (Fsp3) is 0.0769.